The number of halogens is 6. The predicted molar refractivity (Wildman–Crippen MR) is 212 cm³/mol. The summed E-state index contributed by atoms with van der Waals surface area (Å²) in [5.74, 6) is 0. The van der Waals surface area contributed by atoms with Crippen LogP contribution in [0.3, 0.4) is 0 Å². The molecule has 0 bridgehead atoms. The van der Waals surface area contributed by atoms with Gasteiger partial charge in [0.2, 0.25) is 0 Å². The molecule has 1 N–H and O–H groups in total. The maximum atomic E-state index is 12.4. The summed E-state index contributed by atoms with van der Waals surface area (Å²) in [4.78, 5) is 18.8. The Morgan fingerprint density at radius 2 is 1.18 bits per heavy atom. The average Bonchev–Trinajstić information content (AvgIpc) is 3.75. The van der Waals surface area contributed by atoms with E-state index in [0.717, 1.165) is 43.0 Å². The lowest BCUT2D eigenvalue weighted by molar-refractivity contribution is 0.0293. The van der Waals surface area contributed by atoms with Gasteiger partial charge in [0.05, 0.1) is 26.1 Å². The van der Waals surface area contributed by atoms with Crippen LogP contribution < -0.4 is 15.1 Å². The Kier molecular flexibility index (Phi) is 15.5. The van der Waals surface area contributed by atoms with Gasteiger partial charge >= 0.3 is 6.09 Å². The molecule has 264 valence electrons. The molecule has 0 aliphatic carbocycles. The minimum Gasteiger partial charge on any atom is -0.444 e. The van der Waals surface area contributed by atoms with Crippen molar-refractivity contribution < 1.29 is 9.53 Å². The second-order valence-corrected chi connectivity index (χ2v) is 14.3. The van der Waals surface area contributed by atoms with E-state index in [0.29, 0.717) is 39.2 Å². The Morgan fingerprint density at radius 1 is 0.694 bits per heavy atom. The lowest BCUT2D eigenvalue weighted by Gasteiger charge is -2.32. The summed E-state index contributed by atoms with van der Waals surface area (Å²) in [5, 5.41) is 5.64. The van der Waals surface area contributed by atoms with Crippen molar-refractivity contribution in [3.05, 3.63) is 117 Å². The summed E-state index contributed by atoms with van der Waals surface area (Å²) in [6.45, 7) is 8.91. The van der Waals surface area contributed by atoms with Crippen molar-refractivity contribution >= 4 is 100 Å². The molecule has 0 aromatic heterocycles. The summed E-state index contributed by atoms with van der Waals surface area (Å²) in [6, 6.07) is 32.5. The van der Waals surface area contributed by atoms with E-state index in [1.165, 1.54) is 5.69 Å². The Morgan fingerprint density at radius 3 is 1.61 bits per heavy atom. The second kappa shape index (κ2) is 18.6. The highest BCUT2D eigenvalue weighted by molar-refractivity contribution is 6.42. The molecular formula is C37H42Cl6N4O2. The van der Waals surface area contributed by atoms with E-state index in [9.17, 15) is 4.79 Å². The third kappa shape index (κ3) is 11.0. The summed E-state index contributed by atoms with van der Waals surface area (Å²) in [7, 11) is 0. The molecule has 6 nitrogen and oxygen atoms in total. The number of nitrogens with one attached hydrogen (secondary N) is 1. The fourth-order valence-electron chi connectivity index (χ4n) is 5.89. The number of anilines is 4. The molecule has 2 aliphatic rings. The summed E-state index contributed by atoms with van der Waals surface area (Å²) in [5.41, 5.74) is 3.76. The van der Waals surface area contributed by atoms with Gasteiger partial charge < -0.3 is 24.8 Å². The van der Waals surface area contributed by atoms with Gasteiger partial charge in [0.25, 0.3) is 0 Å². The topological polar surface area (TPSA) is 48.1 Å². The third-order valence-electron chi connectivity index (χ3n) is 8.01. The van der Waals surface area contributed by atoms with Crippen LogP contribution in [0.15, 0.2) is 97.1 Å². The van der Waals surface area contributed by atoms with Crippen LogP contribution in [-0.4, -0.2) is 54.9 Å². The molecule has 1 amide bonds. The van der Waals surface area contributed by atoms with Gasteiger partial charge in [-0.3, -0.25) is 0 Å². The molecule has 2 atom stereocenters. The second-order valence-electron chi connectivity index (χ2n) is 12.6. The van der Waals surface area contributed by atoms with Crippen LogP contribution in [0.1, 0.15) is 33.6 Å². The number of ether oxygens (including phenoxy) is 1. The van der Waals surface area contributed by atoms with Crippen LogP contribution in [0.25, 0.3) is 0 Å². The molecule has 0 saturated carbocycles. The molecule has 2 heterocycles. The Hall–Kier alpha value is -2.55. The number of likely N-dealkylation sites (tertiary alicyclic amines) is 1. The fraction of sp³-hybridized carbons (Fsp3) is 0.324. The van der Waals surface area contributed by atoms with E-state index < -0.39 is 5.60 Å². The van der Waals surface area contributed by atoms with Crippen molar-refractivity contribution in [1.82, 2.24) is 10.2 Å². The first kappa shape index (κ1) is 40.9. The first-order valence-corrected chi connectivity index (χ1v) is 17.3. The van der Waals surface area contributed by atoms with Crippen LogP contribution in [0.4, 0.5) is 27.5 Å². The number of amides is 1. The van der Waals surface area contributed by atoms with Gasteiger partial charge in [-0.05, 0) is 101 Å². The van der Waals surface area contributed by atoms with E-state index in [1.54, 1.807) is 11.0 Å². The van der Waals surface area contributed by atoms with Gasteiger partial charge in [0.15, 0.2) is 0 Å². The highest BCUT2D eigenvalue weighted by atomic mass is 35.5. The molecule has 4 aromatic carbocycles. The fourth-order valence-corrected chi connectivity index (χ4v) is 6.48. The first-order chi connectivity index (χ1) is 22.5. The molecule has 0 spiro atoms. The van der Waals surface area contributed by atoms with Crippen LogP contribution in [0.5, 0.6) is 0 Å². The Labute approximate surface area is 322 Å². The Bertz CT molecular complexity index is 1640. The quantitative estimate of drug-likeness (QED) is 0.211. The number of carbonyl (C=O) groups is 1. The van der Waals surface area contributed by atoms with Crippen molar-refractivity contribution in [2.45, 2.75) is 51.3 Å². The van der Waals surface area contributed by atoms with Crippen molar-refractivity contribution in [2.75, 3.05) is 36.0 Å². The molecule has 12 heteroatoms. The number of para-hydroxylation sites is 2. The number of benzene rings is 4. The molecule has 4 aromatic rings. The van der Waals surface area contributed by atoms with E-state index >= 15 is 0 Å². The molecular weight excluding hydrogens is 745 g/mol. The summed E-state index contributed by atoms with van der Waals surface area (Å²) >= 11 is 24.6. The highest BCUT2D eigenvalue weighted by Crippen LogP contribution is 2.36. The van der Waals surface area contributed by atoms with Crippen LogP contribution in [-0.2, 0) is 4.74 Å². The molecule has 49 heavy (non-hydrogen) atoms. The summed E-state index contributed by atoms with van der Waals surface area (Å²) < 4.78 is 5.53. The number of hydrogen-bond donors (Lipinski definition) is 1. The van der Waals surface area contributed by atoms with Crippen molar-refractivity contribution in [3.63, 3.8) is 0 Å². The monoisotopic (exact) mass is 784 g/mol. The van der Waals surface area contributed by atoms with Gasteiger partial charge in [-0.25, -0.2) is 4.79 Å². The predicted octanol–water partition coefficient (Wildman–Crippen LogP) is 11.5. The molecule has 6 rings (SSSR count). The Balaban J connectivity index is 0.000000265. The smallest absolute Gasteiger partial charge is 0.410 e. The molecule has 2 aliphatic heterocycles. The molecule has 0 radical (unpaired) electrons. The summed E-state index contributed by atoms with van der Waals surface area (Å²) in [6.07, 6.45) is 1.69. The van der Waals surface area contributed by atoms with E-state index in [4.69, 9.17) is 51.1 Å². The SMILES string of the molecule is CC(C)(C)OC(=O)N1CC[C@H](N(c2ccccc2)c2ccc(Cl)c(Cl)c2)C1.Cl.Cl.Clc1ccc(N(c2ccccc2)[C@H]2CCNC2)cc1Cl. The number of hydrogen-bond acceptors (Lipinski definition) is 5. The lowest BCUT2D eigenvalue weighted by Crippen LogP contribution is -2.38. The van der Waals surface area contributed by atoms with Crippen LogP contribution >= 0.6 is 71.2 Å². The van der Waals surface area contributed by atoms with Gasteiger partial charge in [-0.2, -0.15) is 0 Å². The van der Waals surface area contributed by atoms with Gasteiger partial charge in [0.1, 0.15) is 5.60 Å². The van der Waals surface area contributed by atoms with E-state index in [1.807, 2.05) is 75.4 Å². The minimum atomic E-state index is -0.502. The van der Waals surface area contributed by atoms with Gasteiger partial charge in [-0.1, -0.05) is 82.8 Å². The van der Waals surface area contributed by atoms with Crippen molar-refractivity contribution in [2.24, 2.45) is 0 Å². The highest BCUT2D eigenvalue weighted by Gasteiger charge is 2.34. The van der Waals surface area contributed by atoms with Crippen LogP contribution in [0, 0.1) is 0 Å². The standard InChI is InChI=1S/C21H24Cl2N2O2.C16H16Cl2N2.2ClH/c1-21(2,3)27-20(26)24-12-11-17(14-24)25(15-7-5-4-6-8-15)16-9-10-18(22)19(23)13-16;17-15-7-6-13(10-16(15)18)20(14-8-9-19-11-14)12-4-2-1-3-5-12;;/h4-10,13,17H,11-12,14H2,1-3H3;1-7,10,14,19H,8-9,11H2;2*1H/t17-;14-;;/m00../s1. The minimum absolute atomic E-state index is 0. The zero-order chi connectivity index (χ0) is 33.6. The lowest BCUT2D eigenvalue weighted by atomic mass is 10.1. The maximum Gasteiger partial charge on any atom is 0.410 e. The number of nitrogens with zero attached hydrogens (tertiary/aromatic N) is 3. The average molecular weight is 787 g/mol. The maximum absolute atomic E-state index is 12.4. The third-order valence-corrected chi connectivity index (χ3v) is 9.49. The largest absolute Gasteiger partial charge is 0.444 e. The van der Waals surface area contributed by atoms with Gasteiger partial charge in [-0.15, -0.1) is 24.8 Å². The van der Waals surface area contributed by atoms with E-state index in [2.05, 4.69) is 51.5 Å². The normalized spacial score (nSPS) is 16.8. The van der Waals surface area contributed by atoms with Crippen LogP contribution in [0.2, 0.25) is 20.1 Å². The molecule has 2 fully saturated rings. The van der Waals surface area contributed by atoms with Crippen molar-refractivity contribution in [1.29, 1.82) is 0 Å². The number of carbonyl (C=O) groups excluding carboxylic acids is 1. The van der Waals surface area contributed by atoms with Gasteiger partial charge in [0, 0.05) is 48.4 Å². The zero-order valence-corrected chi connectivity index (χ0v) is 32.3. The zero-order valence-electron chi connectivity index (χ0n) is 27.6. The number of rotatable bonds is 6. The van der Waals surface area contributed by atoms with E-state index in [-0.39, 0.29) is 36.9 Å². The van der Waals surface area contributed by atoms with Crippen molar-refractivity contribution in [3.8, 4) is 0 Å². The molecule has 2 saturated heterocycles. The first-order valence-electron chi connectivity index (χ1n) is 15.8. The molecule has 0 unspecified atom stereocenters.